The second kappa shape index (κ2) is 5.73. The first-order valence-corrected chi connectivity index (χ1v) is 7.36. The molecule has 1 amide bonds. The summed E-state index contributed by atoms with van der Waals surface area (Å²) in [5, 5.41) is 2.71. The second-order valence-corrected chi connectivity index (χ2v) is 5.10. The first-order chi connectivity index (χ1) is 10.2. The van der Waals surface area contributed by atoms with Crippen molar-refractivity contribution in [1.29, 1.82) is 0 Å². The molecule has 1 aromatic carbocycles. The normalized spacial score (nSPS) is 15.0. The Bertz CT molecular complexity index is 665. The molecule has 0 saturated carbocycles. The molecular formula is C15H20N4O2. The number of hydrogen-bond donors (Lipinski definition) is 1. The number of benzene rings is 1. The molecule has 1 aliphatic heterocycles. The van der Waals surface area contributed by atoms with Crippen molar-refractivity contribution in [3.8, 4) is 0 Å². The van der Waals surface area contributed by atoms with Gasteiger partial charge in [0.05, 0.1) is 24.2 Å². The molecule has 0 saturated heterocycles. The van der Waals surface area contributed by atoms with Gasteiger partial charge in [-0.1, -0.05) is 6.92 Å². The molecule has 0 unspecified atom stereocenters. The lowest BCUT2D eigenvalue weighted by molar-refractivity contribution is 0.168. The quantitative estimate of drug-likeness (QED) is 0.942. The van der Waals surface area contributed by atoms with Gasteiger partial charge in [-0.3, -0.25) is 10.2 Å². The molecule has 0 aliphatic carbocycles. The van der Waals surface area contributed by atoms with E-state index in [1.807, 2.05) is 18.2 Å². The van der Waals surface area contributed by atoms with Crippen LogP contribution < -0.4 is 5.32 Å². The molecule has 3 rings (SSSR count). The van der Waals surface area contributed by atoms with Crippen LogP contribution in [0.1, 0.15) is 19.7 Å². The number of likely N-dealkylation sites (N-methyl/N-ethyl adjacent to an activating group) is 1. The van der Waals surface area contributed by atoms with Crippen molar-refractivity contribution in [2.75, 3.05) is 25.0 Å². The summed E-state index contributed by atoms with van der Waals surface area (Å²) in [6.45, 7) is 8.25. The summed E-state index contributed by atoms with van der Waals surface area (Å²) in [6.07, 6.45) is -0.432. The summed E-state index contributed by atoms with van der Waals surface area (Å²) < 4.78 is 7.14. The van der Waals surface area contributed by atoms with Gasteiger partial charge in [0.25, 0.3) is 0 Å². The molecule has 6 heteroatoms. The van der Waals surface area contributed by atoms with E-state index < -0.39 is 6.09 Å². The van der Waals surface area contributed by atoms with Gasteiger partial charge in [-0.25, -0.2) is 9.78 Å². The molecule has 6 nitrogen and oxygen atoms in total. The third kappa shape index (κ3) is 2.71. The maximum absolute atomic E-state index is 11.5. The van der Waals surface area contributed by atoms with Gasteiger partial charge in [0, 0.05) is 18.8 Å². The van der Waals surface area contributed by atoms with Gasteiger partial charge < -0.3 is 9.30 Å². The largest absolute Gasteiger partial charge is 0.450 e. The van der Waals surface area contributed by atoms with E-state index in [-0.39, 0.29) is 0 Å². The zero-order valence-electron chi connectivity index (χ0n) is 12.4. The standard InChI is InChI=1S/C15H20N4O2/c1-3-18-7-8-19-13-6-5-11(16-15(20)21-4-2)9-12(13)17-14(19)10-18/h5-6,9H,3-4,7-8,10H2,1-2H3,(H,16,20). The van der Waals surface area contributed by atoms with Gasteiger partial charge in [-0.2, -0.15) is 0 Å². The number of fused-ring (bicyclic) bond motifs is 3. The van der Waals surface area contributed by atoms with Gasteiger partial charge in [0.1, 0.15) is 5.82 Å². The Morgan fingerprint density at radius 3 is 3.00 bits per heavy atom. The van der Waals surface area contributed by atoms with Crippen LogP contribution in [-0.2, 0) is 17.8 Å². The van der Waals surface area contributed by atoms with Crippen LogP contribution in [0, 0.1) is 0 Å². The van der Waals surface area contributed by atoms with E-state index in [0.717, 1.165) is 43.0 Å². The fourth-order valence-electron chi connectivity index (χ4n) is 2.70. The summed E-state index contributed by atoms with van der Waals surface area (Å²) in [5.74, 6) is 1.09. The number of hydrogen-bond acceptors (Lipinski definition) is 4. The highest BCUT2D eigenvalue weighted by Gasteiger charge is 2.19. The zero-order valence-corrected chi connectivity index (χ0v) is 12.4. The van der Waals surface area contributed by atoms with Crippen molar-refractivity contribution in [3.63, 3.8) is 0 Å². The van der Waals surface area contributed by atoms with E-state index in [2.05, 4.69) is 21.7 Å². The predicted octanol–water partition coefficient (Wildman–Crippen LogP) is 2.44. The van der Waals surface area contributed by atoms with Crippen LogP contribution in [0.2, 0.25) is 0 Å². The van der Waals surface area contributed by atoms with Crippen molar-refractivity contribution >= 4 is 22.8 Å². The van der Waals surface area contributed by atoms with Gasteiger partial charge in [0.15, 0.2) is 0 Å². The number of carbonyl (C=O) groups is 1. The number of ether oxygens (including phenoxy) is 1. The highest BCUT2D eigenvalue weighted by Crippen LogP contribution is 2.23. The third-order valence-corrected chi connectivity index (χ3v) is 3.80. The summed E-state index contributed by atoms with van der Waals surface area (Å²) in [7, 11) is 0. The lowest BCUT2D eigenvalue weighted by Gasteiger charge is -2.26. The summed E-state index contributed by atoms with van der Waals surface area (Å²) in [4.78, 5) is 18.5. The fraction of sp³-hybridized carbons (Fsp3) is 0.467. The number of rotatable bonds is 3. The lowest BCUT2D eigenvalue weighted by atomic mass is 10.2. The van der Waals surface area contributed by atoms with Crippen molar-refractivity contribution in [2.45, 2.75) is 26.9 Å². The van der Waals surface area contributed by atoms with Gasteiger partial charge in [-0.15, -0.1) is 0 Å². The molecule has 1 aromatic heterocycles. The van der Waals surface area contributed by atoms with Crippen LogP contribution in [0.3, 0.4) is 0 Å². The average Bonchev–Trinajstić information content (AvgIpc) is 2.83. The Morgan fingerprint density at radius 2 is 2.24 bits per heavy atom. The van der Waals surface area contributed by atoms with Crippen LogP contribution >= 0.6 is 0 Å². The zero-order chi connectivity index (χ0) is 14.8. The van der Waals surface area contributed by atoms with Gasteiger partial charge in [0.2, 0.25) is 0 Å². The average molecular weight is 288 g/mol. The van der Waals surface area contributed by atoms with Crippen LogP contribution in [0.5, 0.6) is 0 Å². The van der Waals surface area contributed by atoms with E-state index in [0.29, 0.717) is 12.3 Å². The summed E-state index contributed by atoms with van der Waals surface area (Å²) in [6, 6.07) is 5.79. The maximum atomic E-state index is 11.5. The highest BCUT2D eigenvalue weighted by molar-refractivity contribution is 5.89. The SMILES string of the molecule is CCOC(=O)Nc1ccc2c(c1)nc1n2CCN(CC)C1. The molecule has 0 spiro atoms. The molecule has 112 valence electrons. The Hall–Kier alpha value is -2.08. The number of anilines is 1. The topological polar surface area (TPSA) is 59.4 Å². The van der Waals surface area contributed by atoms with Crippen LogP contribution in [0.15, 0.2) is 18.2 Å². The Labute approximate surface area is 123 Å². The summed E-state index contributed by atoms with van der Waals surface area (Å²) >= 11 is 0. The number of carbonyl (C=O) groups excluding carboxylic acids is 1. The highest BCUT2D eigenvalue weighted by atomic mass is 16.5. The van der Waals surface area contributed by atoms with Crippen LogP contribution in [-0.4, -0.2) is 40.2 Å². The molecule has 1 N–H and O–H groups in total. The number of amides is 1. The Balaban J connectivity index is 1.88. The molecule has 2 aromatic rings. The molecule has 2 heterocycles. The Morgan fingerprint density at radius 1 is 1.38 bits per heavy atom. The van der Waals surface area contributed by atoms with Crippen molar-refractivity contribution in [3.05, 3.63) is 24.0 Å². The second-order valence-electron chi connectivity index (χ2n) is 5.10. The third-order valence-electron chi connectivity index (χ3n) is 3.80. The number of nitrogens with one attached hydrogen (secondary N) is 1. The molecule has 0 radical (unpaired) electrons. The predicted molar refractivity (Wildman–Crippen MR) is 81.3 cm³/mol. The smallest absolute Gasteiger partial charge is 0.411 e. The molecule has 0 bridgehead atoms. The number of aromatic nitrogens is 2. The minimum Gasteiger partial charge on any atom is -0.450 e. The van der Waals surface area contributed by atoms with E-state index >= 15 is 0 Å². The molecule has 21 heavy (non-hydrogen) atoms. The molecule has 0 atom stereocenters. The molecular weight excluding hydrogens is 268 g/mol. The van der Waals surface area contributed by atoms with Crippen LogP contribution in [0.4, 0.5) is 10.5 Å². The van der Waals surface area contributed by atoms with Crippen LogP contribution in [0.25, 0.3) is 11.0 Å². The first kappa shape index (κ1) is 13.9. The van der Waals surface area contributed by atoms with Crippen molar-refractivity contribution in [2.24, 2.45) is 0 Å². The molecule has 1 aliphatic rings. The minimum atomic E-state index is -0.432. The molecule has 0 fully saturated rings. The first-order valence-electron chi connectivity index (χ1n) is 7.36. The lowest BCUT2D eigenvalue weighted by Crippen LogP contribution is -2.33. The summed E-state index contributed by atoms with van der Waals surface area (Å²) in [5.41, 5.74) is 2.75. The van der Waals surface area contributed by atoms with E-state index in [1.165, 1.54) is 0 Å². The van der Waals surface area contributed by atoms with Crippen molar-refractivity contribution in [1.82, 2.24) is 14.5 Å². The van der Waals surface area contributed by atoms with Gasteiger partial charge in [-0.05, 0) is 31.7 Å². The van der Waals surface area contributed by atoms with Crippen molar-refractivity contribution < 1.29 is 9.53 Å². The van der Waals surface area contributed by atoms with E-state index in [4.69, 9.17) is 9.72 Å². The minimum absolute atomic E-state index is 0.361. The monoisotopic (exact) mass is 288 g/mol. The maximum Gasteiger partial charge on any atom is 0.411 e. The fourth-order valence-corrected chi connectivity index (χ4v) is 2.70. The number of nitrogens with zero attached hydrogens (tertiary/aromatic N) is 3. The number of imidazole rings is 1. The van der Waals surface area contributed by atoms with E-state index in [9.17, 15) is 4.79 Å². The van der Waals surface area contributed by atoms with E-state index in [1.54, 1.807) is 6.92 Å². The Kier molecular flexibility index (Phi) is 3.79. The van der Waals surface area contributed by atoms with Gasteiger partial charge >= 0.3 is 6.09 Å².